The third-order valence-electron chi connectivity index (χ3n) is 3.02. The molecule has 0 spiro atoms. The molecule has 4 nitrogen and oxygen atoms in total. The van der Waals surface area contributed by atoms with E-state index in [4.69, 9.17) is 9.47 Å². The molecule has 1 N–H and O–H groups in total. The smallest absolute Gasteiger partial charge is 0.416 e. The number of hydrogen-bond donors (Lipinski definition) is 1. The van der Waals surface area contributed by atoms with Gasteiger partial charge >= 0.3 is 6.18 Å². The number of aromatic nitrogens is 1. The SMILES string of the molecule is O=c1cc(C(F)(F)F)cc(-c2ccc3c(c2)OCCO3)[nH]1. The summed E-state index contributed by atoms with van der Waals surface area (Å²) in [5, 5.41) is 0. The summed E-state index contributed by atoms with van der Waals surface area (Å²) in [6.45, 7) is 0.794. The largest absolute Gasteiger partial charge is 0.486 e. The van der Waals surface area contributed by atoms with Crippen molar-refractivity contribution in [1.29, 1.82) is 0 Å². The Balaban J connectivity index is 2.08. The first-order chi connectivity index (χ1) is 9.93. The van der Waals surface area contributed by atoms with Crippen LogP contribution in [-0.4, -0.2) is 18.2 Å². The highest BCUT2D eigenvalue weighted by Gasteiger charge is 2.31. The number of rotatable bonds is 1. The number of pyridine rings is 1. The zero-order valence-electron chi connectivity index (χ0n) is 10.7. The second kappa shape index (κ2) is 4.83. The number of nitrogens with one attached hydrogen (secondary N) is 1. The van der Waals surface area contributed by atoms with Crippen LogP contribution < -0.4 is 15.0 Å². The van der Waals surface area contributed by atoms with E-state index >= 15 is 0 Å². The highest BCUT2D eigenvalue weighted by molar-refractivity contribution is 5.64. The summed E-state index contributed by atoms with van der Waals surface area (Å²) in [7, 11) is 0. The van der Waals surface area contributed by atoms with Crippen LogP contribution in [0.4, 0.5) is 13.2 Å². The lowest BCUT2D eigenvalue weighted by molar-refractivity contribution is -0.137. The van der Waals surface area contributed by atoms with Gasteiger partial charge in [-0.25, -0.2) is 0 Å². The van der Waals surface area contributed by atoms with Gasteiger partial charge < -0.3 is 14.5 Å². The van der Waals surface area contributed by atoms with Crippen LogP contribution in [0.2, 0.25) is 0 Å². The van der Waals surface area contributed by atoms with E-state index in [9.17, 15) is 18.0 Å². The number of hydrogen-bond acceptors (Lipinski definition) is 3. The fourth-order valence-electron chi connectivity index (χ4n) is 2.07. The summed E-state index contributed by atoms with van der Waals surface area (Å²) in [6.07, 6.45) is -4.57. The van der Waals surface area contributed by atoms with Crippen LogP contribution in [0.5, 0.6) is 11.5 Å². The van der Waals surface area contributed by atoms with Gasteiger partial charge in [-0.2, -0.15) is 13.2 Å². The van der Waals surface area contributed by atoms with Gasteiger partial charge in [0.15, 0.2) is 11.5 Å². The van der Waals surface area contributed by atoms with Gasteiger partial charge in [0, 0.05) is 17.3 Å². The van der Waals surface area contributed by atoms with Crippen LogP contribution in [0.15, 0.2) is 35.1 Å². The van der Waals surface area contributed by atoms with Crippen LogP contribution in [0.1, 0.15) is 5.56 Å². The van der Waals surface area contributed by atoms with E-state index in [-0.39, 0.29) is 5.69 Å². The van der Waals surface area contributed by atoms with Crippen molar-refractivity contribution in [2.24, 2.45) is 0 Å². The zero-order valence-corrected chi connectivity index (χ0v) is 10.7. The molecule has 0 bridgehead atoms. The van der Waals surface area contributed by atoms with E-state index in [1.54, 1.807) is 18.2 Å². The minimum absolute atomic E-state index is 0.0757. The molecule has 0 atom stereocenters. The molecule has 1 aromatic heterocycles. The lowest BCUT2D eigenvalue weighted by Gasteiger charge is -2.19. The lowest BCUT2D eigenvalue weighted by atomic mass is 10.1. The van der Waals surface area contributed by atoms with Crippen molar-refractivity contribution in [3.8, 4) is 22.8 Å². The van der Waals surface area contributed by atoms with Crippen LogP contribution in [0.25, 0.3) is 11.3 Å². The zero-order chi connectivity index (χ0) is 15.0. The molecule has 2 aromatic rings. The van der Waals surface area contributed by atoms with Gasteiger partial charge in [-0.15, -0.1) is 0 Å². The third-order valence-corrected chi connectivity index (χ3v) is 3.02. The summed E-state index contributed by atoms with van der Waals surface area (Å²) in [5.74, 6) is 0.969. The number of alkyl halides is 3. The van der Waals surface area contributed by atoms with Crippen molar-refractivity contribution in [1.82, 2.24) is 4.98 Å². The van der Waals surface area contributed by atoms with Gasteiger partial charge in [-0.3, -0.25) is 4.79 Å². The second-order valence-electron chi connectivity index (χ2n) is 4.50. The Morgan fingerprint density at radius 2 is 1.71 bits per heavy atom. The van der Waals surface area contributed by atoms with Crippen molar-refractivity contribution < 1.29 is 22.6 Å². The van der Waals surface area contributed by atoms with Crippen LogP contribution >= 0.6 is 0 Å². The molecule has 0 unspecified atom stereocenters. The van der Waals surface area contributed by atoms with Crippen molar-refractivity contribution in [2.75, 3.05) is 13.2 Å². The number of fused-ring (bicyclic) bond motifs is 1. The number of ether oxygens (including phenoxy) is 2. The van der Waals surface area contributed by atoms with Crippen LogP contribution in [0, 0.1) is 0 Å². The van der Waals surface area contributed by atoms with Crippen LogP contribution in [-0.2, 0) is 6.18 Å². The first-order valence-corrected chi connectivity index (χ1v) is 6.15. The number of H-pyrrole nitrogens is 1. The maximum Gasteiger partial charge on any atom is 0.416 e. The van der Waals surface area contributed by atoms with Crippen molar-refractivity contribution in [2.45, 2.75) is 6.18 Å². The molecule has 110 valence electrons. The van der Waals surface area contributed by atoms with Crippen molar-refractivity contribution in [3.05, 3.63) is 46.2 Å². The Morgan fingerprint density at radius 3 is 2.43 bits per heavy atom. The molecule has 0 fully saturated rings. The van der Waals surface area contributed by atoms with Crippen LogP contribution in [0.3, 0.4) is 0 Å². The highest BCUT2D eigenvalue weighted by atomic mass is 19.4. The maximum absolute atomic E-state index is 12.7. The van der Waals surface area contributed by atoms with Gasteiger partial charge in [-0.05, 0) is 24.3 Å². The number of halogens is 3. The fourth-order valence-corrected chi connectivity index (χ4v) is 2.07. The average Bonchev–Trinajstić information content (AvgIpc) is 2.45. The molecule has 1 aliphatic rings. The first kappa shape index (κ1) is 13.5. The fraction of sp³-hybridized carbons (Fsp3) is 0.214. The number of benzene rings is 1. The van der Waals surface area contributed by atoms with Gasteiger partial charge in [-0.1, -0.05) is 0 Å². The van der Waals surface area contributed by atoms with E-state index in [0.717, 1.165) is 6.07 Å². The van der Waals surface area contributed by atoms with Gasteiger partial charge in [0.25, 0.3) is 0 Å². The predicted octanol–water partition coefficient (Wildman–Crippen LogP) is 2.83. The molecule has 0 saturated heterocycles. The molecule has 0 saturated carbocycles. The topological polar surface area (TPSA) is 51.3 Å². The summed E-state index contributed by atoms with van der Waals surface area (Å²) in [5.41, 5.74) is -1.31. The summed E-state index contributed by atoms with van der Waals surface area (Å²) in [6, 6.07) is 6.13. The minimum Gasteiger partial charge on any atom is -0.486 e. The lowest BCUT2D eigenvalue weighted by Crippen LogP contribution is -2.16. The molecule has 1 aromatic carbocycles. The predicted molar refractivity (Wildman–Crippen MR) is 68.5 cm³/mol. The van der Waals surface area contributed by atoms with Gasteiger partial charge in [0.05, 0.1) is 5.56 Å². The standard InChI is InChI=1S/C14H10F3NO3/c15-14(16,17)9-6-10(18-13(19)7-9)8-1-2-11-12(5-8)21-4-3-20-11/h1-2,5-7H,3-4H2,(H,18,19). The molecule has 0 amide bonds. The Labute approximate surface area is 117 Å². The third kappa shape index (κ3) is 2.72. The van der Waals surface area contributed by atoms with E-state index in [2.05, 4.69) is 4.98 Å². The minimum atomic E-state index is -4.57. The monoisotopic (exact) mass is 297 g/mol. The van der Waals surface area contributed by atoms with E-state index in [1.807, 2.05) is 0 Å². The molecule has 3 rings (SSSR count). The molecule has 1 aliphatic heterocycles. The summed E-state index contributed by atoms with van der Waals surface area (Å²) in [4.78, 5) is 13.8. The van der Waals surface area contributed by atoms with Gasteiger partial charge in [0.2, 0.25) is 5.56 Å². The van der Waals surface area contributed by atoms with E-state index in [1.165, 1.54) is 0 Å². The molecule has 2 heterocycles. The maximum atomic E-state index is 12.7. The molecule has 7 heteroatoms. The highest BCUT2D eigenvalue weighted by Crippen LogP contribution is 2.35. The molecule has 21 heavy (non-hydrogen) atoms. The molecular weight excluding hydrogens is 287 g/mol. The second-order valence-corrected chi connectivity index (χ2v) is 4.50. The Hall–Kier alpha value is -2.44. The Bertz CT molecular complexity index is 737. The van der Waals surface area contributed by atoms with Gasteiger partial charge in [0.1, 0.15) is 13.2 Å². The van der Waals surface area contributed by atoms with E-state index < -0.39 is 17.3 Å². The van der Waals surface area contributed by atoms with E-state index in [0.29, 0.717) is 36.3 Å². The Morgan fingerprint density at radius 1 is 1.00 bits per heavy atom. The molecule has 0 radical (unpaired) electrons. The average molecular weight is 297 g/mol. The van der Waals surface area contributed by atoms with Crippen molar-refractivity contribution in [3.63, 3.8) is 0 Å². The summed E-state index contributed by atoms with van der Waals surface area (Å²) >= 11 is 0. The number of aromatic amines is 1. The summed E-state index contributed by atoms with van der Waals surface area (Å²) < 4.78 is 48.9. The van der Waals surface area contributed by atoms with Crippen molar-refractivity contribution >= 4 is 0 Å². The first-order valence-electron chi connectivity index (χ1n) is 6.15. The molecule has 0 aliphatic carbocycles. The normalized spacial score (nSPS) is 14.0. The molecular formula is C14H10F3NO3. The quantitative estimate of drug-likeness (QED) is 0.880. The Kier molecular flexibility index (Phi) is 3.12.